The topological polar surface area (TPSA) is 29.0 Å². The van der Waals surface area contributed by atoms with E-state index in [0.717, 1.165) is 22.4 Å². The van der Waals surface area contributed by atoms with Crippen LogP contribution in [0, 0.1) is 0 Å². The Morgan fingerprint density at radius 1 is 1.22 bits per heavy atom. The Labute approximate surface area is 112 Å². The van der Waals surface area contributed by atoms with Gasteiger partial charge >= 0.3 is 0 Å². The van der Waals surface area contributed by atoms with Crippen LogP contribution in [0.2, 0.25) is 5.15 Å². The number of rotatable bonds is 2. The number of hydrogen-bond donors (Lipinski definition) is 0. The molecule has 1 aliphatic carbocycles. The van der Waals surface area contributed by atoms with E-state index >= 15 is 0 Å². The lowest BCUT2D eigenvalue weighted by atomic mass is 9.85. The fraction of sp³-hybridized carbons (Fsp3) is 0.429. The molecule has 1 fully saturated rings. The molecule has 0 saturated heterocycles. The predicted octanol–water partition coefficient (Wildman–Crippen LogP) is 3.62. The molecule has 0 N–H and O–H groups in total. The number of benzene rings is 1. The van der Waals surface area contributed by atoms with Gasteiger partial charge < -0.3 is 4.90 Å². The minimum atomic E-state index is 0.514. The Bertz CT molecular complexity index is 591. The van der Waals surface area contributed by atoms with E-state index in [9.17, 15) is 0 Å². The van der Waals surface area contributed by atoms with Crippen molar-refractivity contribution in [1.29, 1.82) is 0 Å². The van der Waals surface area contributed by atoms with E-state index in [1.165, 1.54) is 19.3 Å². The van der Waals surface area contributed by atoms with Gasteiger partial charge in [0.2, 0.25) is 0 Å². The van der Waals surface area contributed by atoms with Crippen molar-refractivity contribution < 1.29 is 0 Å². The zero-order valence-electron chi connectivity index (χ0n) is 10.7. The Hall–Kier alpha value is -1.35. The normalized spacial score (nSPS) is 15.7. The van der Waals surface area contributed by atoms with Gasteiger partial charge in [-0.3, -0.25) is 0 Å². The van der Waals surface area contributed by atoms with Crippen LogP contribution in [0.1, 0.15) is 31.0 Å². The van der Waals surface area contributed by atoms with Crippen molar-refractivity contribution >= 4 is 28.2 Å². The van der Waals surface area contributed by atoms with Crippen molar-refractivity contribution in [3.63, 3.8) is 0 Å². The summed E-state index contributed by atoms with van der Waals surface area (Å²) in [6.45, 7) is 0. The van der Waals surface area contributed by atoms with Crippen molar-refractivity contribution in [2.45, 2.75) is 25.2 Å². The minimum absolute atomic E-state index is 0.514. The summed E-state index contributed by atoms with van der Waals surface area (Å²) in [5.74, 6) is 1.43. The summed E-state index contributed by atoms with van der Waals surface area (Å²) >= 11 is 6.29. The number of halogens is 1. The molecule has 94 valence electrons. The molecule has 0 spiro atoms. The second-order valence-electron chi connectivity index (χ2n) is 5.10. The molecule has 0 amide bonds. The van der Waals surface area contributed by atoms with E-state index < -0.39 is 0 Å². The predicted molar refractivity (Wildman–Crippen MR) is 75.5 cm³/mol. The zero-order valence-corrected chi connectivity index (χ0v) is 11.4. The Kier molecular flexibility index (Phi) is 2.86. The molecule has 0 atom stereocenters. The van der Waals surface area contributed by atoms with Gasteiger partial charge in [0.1, 0.15) is 11.0 Å². The summed E-state index contributed by atoms with van der Waals surface area (Å²) in [5, 5.41) is 1.51. The maximum Gasteiger partial charge on any atom is 0.140 e. The maximum absolute atomic E-state index is 6.29. The fourth-order valence-electron chi connectivity index (χ4n) is 2.22. The highest BCUT2D eigenvalue weighted by Gasteiger charge is 2.23. The third-order valence-corrected chi connectivity index (χ3v) is 3.92. The first kappa shape index (κ1) is 11.7. The van der Waals surface area contributed by atoms with Crippen LogP contribution in [-0.2, 0) is 0 Å². The van der Waals surface area contributed by atoms with E-state index in [1.54, 1.807) is 0 Å². The molecule has 1 aromatic heterocycles. The first-order valence-corrected chi connectivity index (χ1v) is 6.67. The fourth-order valence-corrected chi connectivity index (χ4v) is 2.46. The molecule has 2 aromatic rings. The monoisotopic (exact) mass is 261 g/mol. The van der Waals surface area contributed by atoms with Crippen LogP contribution < -0.4 is 4.90 Å². The van der Waals surface area contributed by atoms with Crippen LogP contribution in [0.4, 0.5) is 5.69 Å². The van der Waals surface area contributed by atoms with Gasteiger partial charge in [-0.05, 0) is 31.0 Å². The Morgan fingerprint density at radius 2 is 2.00 bits per heavy atom. The van der Waals surface area contributed by atoms with Crippen molar-refractivity contribution in [2.24, 2.45) is 0 Å². The van der Waals surface area contributed by atoms with Gasteiger partial charge in [0.05, 0.1) is 5.52 Å². The number of hydrogen-bond acceptors (Lipinski definition) is 3. The van der Waals surface area contributed by atoms with Crippen LogP contribution in [0.25, 0.3) is 10.9 Å². The molecule has 18 heavy (non-hydrogen) atoms. The number of nitrogens with zero attached hydrogens (tertiary/aromatic N) is 3. The van der Waals surface area contributed by atoms with Crippen molar-refractivity contribution in [3.05, 3.63) is 29.2 Å². The van der Waals surface area contributed by atoms with Crippen LogP contribution in [-0.4, -0.2) is 24.1 Å². The molecule has 0 radical (unpaired) electrons. The lowest BCUT2D eigenvalue weighted by Crippen LogP contribution is -2.13. The third kappa shape index (κ3) is 1.93. The van der Waals surface area contributed by atoms with E-state index in [-0.39, 0.29) is 0 Å². The number of anilines is 1. The first-order chi connectivity index (χ1) is 8.65. The lowest BCUT2D eigenvalue weighted by molar-refractivity contribution is 0.402. The third-order valence-electron chi connectivity index (χ3n) is 3.64. The standard InChI is InChI=1S/C14H16ClN3/c1-18(2)10-6-7-12-11(8-10)13(15)17-14(16-12)9-4-3-5-9/h6-9H,3-5H2,1-2H3. The van der Waals surface area contributed by atoms with Crippen LogP contribution in [0.15, 0.2) is 18.2 Å². The zero-order chi connectivity index (χ0) is 12.7. The van der Waals surface area contributed by atoms with Crippen molar-refractivity contribution in [1.82, 2.24) is 9.97 Å². The van der Waals surface area contributed by atoms with E-state index in [4.69, 9.17) is 11.6 Å². The number of aromatic nitrogens is 2. The summed E-state index contributed by atoms with van der Waals surface area (Å²) in [6, 6.07) is 6.14. The van der Waals surface area contributed by atoms with E-state index in [0.29, 0.717) is 11.1 Å². The smallest absolute Gasteiger partial charge is 0.140 e. The van der Waals surface area contributed by atoms with Gasteiger partial charge in [0, 0.05) is 31.1 Å². The molecule has 1 aromatic carbocycles. The van der Waals surface area contributed by atoms with Gasteiger partial charge in [-0.15, -0.1) is 0 Å². The molecule has 0 bridgehead atoms. The second kappa shape index (κ2) is 4.39. The molecule has 0 aliphatic heterocycles. The van der Waals surface area contributed by atoms with Crippen LogP contribution in [0.3, 0.4) is 0 Å². The first-order valence-electron chi connectivity index (χ1n) is 6.29. The Balaban J connectivity index is 2.11. The van der Waals surface area contributed by atoms with Gasteiger partial charge in [-0.2, -0.15) is 0 Å². The average molecular weight is 262 g/mol. The van der Waals surface area contributed by atoms with Gasteiger partial charge in [0.15, 0.2) is 0 Å². The second-order valence-corrected chi connectivity index (χ2v) is 5.45. The molecule has 1 aliphatic rings. The SMILES string of the molecule is CN(C)c1ccc2nc(C3CCC3)nc(Cl)c2c1. The average Bonchev–Trinajstić information content (AvgIpc) is 2.26. The van der Waals surface area contributed by atoms with Crippen LogP contribution >= 0.6 is 11.6 Å². The van der Waals surface area contributed by atoms with E-state index in [2.05, 4.69) is 20.9 Å². The molecular weight excluding hydrogens is 246 g/mol. The highest BCUT2D eigenvalue weighted by molar-refractivity contribution is 6.34. The van der Waals surface area contributed by atoms with Gasteiger partial charge in [-0.25, -0.2) is 9.97 Å². The van der Waals surface area contributed by atoms with Crippen molar-refractivity contribution in [3.8, 4) is 0 Å². The molecule has 1 saturated carbocycles. The molecule has 0 unspecified atom stereocenters. The molecule has 4 heteroatoms. The summed E-state index contributed by atoms with van der Waals surface area (Å²) in [7, 11) is 4.03. The minimum Gasteiger partial charge on any atom is -0.378 e. The van der Waals surface area contributed by atoms with Crippen LogP contribution in [0.5, 0.6) is 0 Å². The summed E-state index contributed by atoms with van der Waals surface area (Å²) < 4.78 is 0. The van der Waals surface area contributed by atoms with Gasteiger partial charge in [-0.1, -0.05) is 18.0 Å². The quantitative estimate of drug-likeness (QED) is 0.774. The highest BCUT2D eigenvalue weighted by atomic mass is 35.5. The summed E-state index contributed by atoms with van der Waals surface area (Å²) in [5.41, 5.74) is 2.06. The summed E-state index contributed by atoms with van der Waals surface area (Å²) in [6.07, 6.45) is 3.67. The molecule has 3 rings (SSSR count). The van der Waals surface area contributed by atoms with E-state index in [1.807, 2.05) is 26.2 Å². The lowest BCUT2D eigenvalue weighted by Gasteiger charge is -2.24. The number of fused-ring (bicyclic) bond motifs is 1. The summed E-state index contributed by atoms with van der Waals surface area (Å²) in [4.78, 5) is 11.2. The Morgan fingerprint density at radius 3 is 2.61 bits per heavy atom. The largest absolute Gasteiger partial charge is 0.378 e. The molecular formula is C14H16ClN3. The van der Waals surface area contributed by atoms with Gasteiger partial charge in [0.25, 0.3) is 0 Å². The maximum atomic E-state index is 6.29. The highest BCUT2D eigenvalue weighted by Crippen LogP contribution is 2.36. The molecule has 3 nitrogen and oxygen atoms in total. The van der Waals surface area contributed by atoms with Crippen molar-refractivity contribution in [2.75, 3.05) is 19.0 Å². The molecule has 1 heterocycles.